The quantitative estimate of drug-likeness (QED) is 0.761. The first-order valence-corrected chi connectivity index (χ1v) is 9.89. The number of hydrogen-bond acceptors (Lipinski definition) is 4. The second-order valence-electron chi connectivity index (χ2n) is 7.79. The molecule has 1 aliphatic heterocycles. The Morgan fingerprint density at radius 1 is 1.18 bits per heavy atom. The van der Waals surface area contributed by atoms with Crippen LogP contribution in [-0.4, -0.2) is 33.9 Å². The molecule has 0 spiro atoms. The molecule has 4 rings (SSSR count). The van der Waals surface area contributed by atoms with E-state index in [0.717, 1.165) is 41.5 Å². The average molecular weight is 374 g/mol. The lowest BCUT2D eigenvalue weighted by atomic mass is 9.83. The Labute approximate surface area is 165 Å². The predicted octanol–water partition coefficient (Wildman–Crippen LogP) is 3.28. The van der Waals surface area contributed by atoms with Crippen molar-refractivity contribution in [3.8, 4) is 0 Å². The van der Waals surface area contributed by atoms with Gasteiger partial charge < -0.3 is 10.6 Å². The van der Waals surface area contributed by atoms with Gasteiger partial charge in [0.1, 0.15) is 0 Å². The summed E-state index contributed by atoms with van der Waals surface area (Å²) in [6.45, 7) is 4.26. The first kappa shape index (κ1) is 18.6. The molecule has 0 unspecified atom stereocenters. The molecule has 0 radical (unpaired) electrons. The fourth-order valence-corrected chi connectivity index (χ4v) is 4.34. The molecular weight excluding hydrogens is 348 g/mol. The van der Waals surface area contributed by atoms with Gasteiger partial charge in [-0.05, 0) is 41.2 Å². The fraction of sp³-hybridized carbons (Fsp3) is 0.348. The van der Waals surface area contributed by atoms with E-state index in [9.17, 15) is 4.79 Å². The molecule has 1 fully saturated rings. The minimum atomic E-state index is 0.172. The number of nitrogens with zero attached hydrogens (tertiary/aromatic N) is 3. The molecule has 0 aliphatic carbocycles. The van der Waals surface area contributed by atoms with Crippen LogP contribution in [0.15, 0.2) is 55.0 Å². The van der Waals surface area contributed by atoms with Crippen LogP contribution in [0.1, 0.15) is 36.0 Å². The predicted molar refractivity (Wildman–Crippen MR) is 111 cm³/mol. The van der Waals surface area contributed by atoms with Gasteiger partial charge in [0.25, 0.3) is 0 Å². The third-order valence-corrected chi connectivity index (χ3v) is 5.64. The van der Waals surface area contributed by atoms with Crippen LogP contribution in [0.2, 0.25) is 0 Å². The molecule has 0 saturated carbocycles. The molecule has 0 bridgehead atoms. The molecule has 144 valence electrons. The van der Waals surface area contributed by atoms with E-state index in [4.69, 9.17) is 5.73 Å². The Hall–Kier alpha value is -2.79. The van der Waals surface area contributed by atoms with E-state index >= 15 is 0 Å². The number of piperidine rings is 1. The number of nitrogens with two attached hydrogens (primary N) is 1. The molecule has 2 aromatic heterocycles. The molecular formula is C23H26N4O. The lowest BCUT2D eigenvalue weighted by Crippen LogP contribution is -2.43. The number of carbonyl (C=O) groups is 1. The van der Waals surface area contributed by atoms with E-state index in [2.05, 4.69) is 35.1 Å². The van der Waals surface area contributed by atoms with Gasteiger partial charge >= 0.3 is 0 Å². The highest BCUT2D eigenvalue weighted by atomic mass is 16.2. The van der Waals surface area contributed by atoms with Gasteiger partial charge in [-0.3, -0.25) is 14.8 Å². The molecule has 1 saturated heterocycles. The molecule has 3 aromatic rings. The smallest absolute Gasteiger partial charge is 0.227 e. The number of fused-ring (bicyclic) bond motifs is 1. The van der Waals surface area contributed by atoms with Gasteiger partial charge in [0.15, 0.2) is 0 Å². The molecule has 2 atom stereocenters. The number of aromatic nitrogens is 2. The molecule has 1 amide bonds. The summed E-state index contributed by atoms with van der Waals surface area (Å²) in [5, 5.41) is 1.16. The minimum Gasteiger partial charge on any atom is -0.342 e. The zero-order valence-electron chi connectivity index (χ0n) is 16.2. The van der Waals surface area contributed by atoms with Crippen molar-refractivity contribution < 1.29 is 4.79 Å². The standard InChI is InChI=1S/C23H26N4O/c1-16-10-19(15-27(14-16)22(28)11-17-4-2-8-25-13-17)20-7-6-18(12-24)23-21(20)5-3-9-26-23/h2-9,13,16,19H,10-12,14-15,24H2,1H3/t16-,19+/m1/s1. The number of carbonyl (C=O) groups excluding carboxylic acids is 1. The Morgan fingerprint density at radius 3 is 2.82 bits per heavy atom. The largest absolute Gasteiger partial charge is 0.342 e. The molecule has 2 N–H and O–H groups in total. The van der Waals surface area contributed by atoms with Gasteiger partial charge in [0.2, 0.25) is 5.91 Å². The monoisotopic (exact) mass is 374 g/mol. The van der Waals surface area contributed by atoms with Crippen molar-refractivity contribution in [3.05, 3.63) is 71.7 Å². The number of amides is 1. The van der Waals surface area contributed by atoms with Crippen LogP contribution in [0.25, 0.3) is 10.9 Å². The topological polar surface area (TPSA) is 72.1 Å². The third kappa shape index (κ3) is 3.76. The van der Waals surface area contributed by atoms with E-state index in [0.29, 0.717) is 24.8 Å². The van der Waals surface area contributed by atoms with Crippen LogP contribution in [0, 0.1) is 5.92 Å². The summed E-state index contributed by atoms with van der Waals surface area (Å²) in [4.78, 5) is 23.6. The number of benzene rings is 1. The maximum Gasteiger partial charge on any atom is 0.227 e. The van der Waals surface area contributed by atoms with Crippen LogP contribution in [0.4, 0.5) is 0 Å². The Balaban J connectivity index is 1.60. The maximum atomic E-state index is 12.9. The lowest BCUT2D eigenvalue weighted by Gasteiger charge is -2.37. The highest BCUT2D eigenvalue weighted by Gasteiger charge is 2.29. The fourth-order valence-electron chi connectivity index (χ4n) is 4.34. The van der Waals surface area contributed by atoms with Crippen molar-refractivity contribution >= 4 is 16.8 Å². The van der Waals surface area contributed by atoms with Gasteiger partial charge in [-0.2, -0.15) is 0 Å². The molecule has 5 heteroatoms. The highest BCUT2D eigenvalue weighted by Crippen LogP contribution is 2.35. The van der Waals surface area contributed by atoms with Gasteiger partial charge in [0.05, 0.1) is 11.9 Å². The van der Waals surface area contributed by atoms with Crippen molar-refractivity contribution in [2.24, 2.45) is 11.7 Å². The van der Waals surface area contributed by atoms with Crippen LogP contribution >= 0.6 is 0 Å². The van der Waals surface area contributed by atoms with Crippen molar-refractivity contribution in [1.29, 1.82) is 0 Å². The van der Waals surface area contributed by atoms with Crippen LogP contribution in [0.3, 0.4) is 0 Å². The van der Waals surface area contributed by atoms with E-state index in [1.54, 1.807) is 12.4 Å². The Morgan fingerprint density at radius 2 is 2.04 bits per heavy atom. The molecule has 28 heavy (non-hydrogen) atoms. The van der Waals surface area contributed by atoms with E-state index in [1.807, 2.05) is 29.3 Å². The first-order chi connectivity index (χ1) is 13.7. The van der Waals surface area contributed by atoms with Gasteiger partial charge in [-0.15, -0.1) is 0 Å². The number of pyridine rings is 2. The zero-order valence-corrected chi connectivity index (χ0v) is 16.2. The highest BCUT2D eigenvalue weighted by molar-refractivity contribution is 5.86. The van der Waals surface area contributed by atoms with Gasteiger partial charge in [-0.1, -0.05) is 31.2 Å². The average Bonchev–Trinajstić information content (AvgIpc) is 2.73. The Kier molecular flexibility index (Phi) is 5.35. The van der Waals surface area contributed by atoms with Crippen LogP contribution in [-0.2, 0) is 17.8 Å². The molecule has 3 heterocycles. The van der Waals surface area contributed by atoms with E-state index in [-0.39, 0.29) is 5.91 Å². The SMILES string of the molecule is C[C@@H]1C[C@H](c2ccc(CN)c3ncccc23)CN(C(=O)Cc2cccnc2)C1. The molecule has 5 nitrogen and oxygen atoms in total. The minimum absolute atomic E-state index is 0.172. The first-order valence-electron chi connectivity index (χ1n) is 9.89. The maximum absolute atomic E-state index is 12.9. The normalized spacial score (nSPS) is 19.7. The van der Waals surface area contributed by atoms with Crippen LogP contribution < -0.4 is 5.73 Å². The summed E-state index contributed by atoms with van der Waals surface area (Å²) in [5.74, 6) is 0.934. The summed E-state index contributed by atoms with van der Waals surface area (Å²) in [6.07, 6.45) is 6.80. The summed E-state index contributed by atoms with van der Waals surface area (Å²) in [6, 6.07) is 12.2. The van der Waals surface area contributed by atoms with Crippen LogP contribution in [0.5, 0.6) is 0 Å². The summed E-state index contributed by atoms with van der Waals surface area (Å²) < 4.78 is 0. The second kappa shape index (κ2) is 8.07. The van der Waals surface area contributed by atoms with Crippen molar-refractivity contribution in [2.45, 2.75) is 32.2 Å². The van der Waals surface area contributed by atoms with Crippen molar-refractivity contribution in [3.63, 3.8) is 0 Å². The van der Waals surface area contributed by atoms with Crippen molar-refractivity contribution in [2.75, 3.05) is 13.1 Å². The van der Waals surface area contributed by atoms with Gasteiger partial charge in [0, 0.05) is 49.5 Å². The Bertz CT molecular complexity index is 973. The summed E-state index contributed by atoms with van der Waals surface area (Å²) >= 11 is 0. The second-order valence-corrected chi connectivity index (χ2v) is 7.79. The lowest BCUT2D eigenvalue weighted by molar-refractivity contribution is -0.132. The number of hydrogen-bond donors (Lipinski definition) is 1. The van der Waals surface area contributed by atoms with Crippen molar-refractivity contribution in [1.82, 2.24) is 14.9 Å². The zero-order chi connectivity index (χ0) is 19.5. The summed E-state index contributed by atoms with van der Waals surface area (Å²) in [5.41, 5.74) is 10.2. The van der Waals surface area contributed by atoms with E-state index < -0.39 is 0 Å². The summed E-state index contributed by atoms with van der Waals surface area (Å²) in [7, 11) is 0. The van der Waals surface area contributed by atoms with Gasteiger partial charge in [-0.25, -0.2) is 0 Å². The third-order valence-electron chi connectivity index (χ3n) is 5.64. The molecule has 1 aliphatic rings. The van der Waals surface area contributed by atoms with E-state index in [1.165, 1.54) is 5.56 Å². The number of rotatable bonds is 4. The molecule has 1 aromatic carbocycles. The number of likely N-dealkylation sites (tertiary alicyclic amines) is 1.